The van der Waals surface area contributed by atoms with Gasteiger partial charge in [-0.15, -0.1) is 0 Å². The molecule has 0 aromatic heterocycles. The molecule has 0 aliphatic heterocycles. The first-order chi connectivity index (χ1) is 28.4. The van der Waals surface area contributed by atoms with E-state index in [-0.39, 0.29) is 0 Å². The molecule has 0 bridgehead atoms. The van der Waals surface area contributed by atoms with Gasteiger partial charge in [0.15, 0.2) is 0 Å². The average molecular weight is 745 g/mol. The molecule has 0 radical (unpaired) electrons. The first-order valence-corrected chi connectivity index (χ1v) is 20.2. The molecule has 0 aliphatic carbocycles. The molecule has 0 unspecified atom stereocenters. The van der Waals surface area contributed by atoms with Crippen LogP contribution in [0.3, 0.4) is 0 Å². The summed E-state index contributed by atoms with van der Waals surface area (Å²) in [6.07, 6.45) is 0. The van der Waals surface area contributed by atoms with E-state index in [0.717, 1.165) is 0 Å². The van der Waals surface area contributed by atoms with Crippen LogP contribution in [0.15, 0.2) is 194 Å². The molecule has 10 rings (SSSR count). The van der Waals surface area contributed by atoms with Crippen LogP contribution >= 0.6 is 0 Å². The summed E-state index contributed by atoms with van der Waals surface area (Å²) in [6.45, 7) is 8.91. The minimum atomic E-state index is 1.17. The van der Waals surface area contributed by atoms with Gasteiger partial charge in [0.05, 0.1) is 11.4 Å². The van der Waals surface area contributed by atoms with Gasteiger partial charge in [-0.1, -0.05) is 146 Å². The summed E-state index contributed by atoms with van der Waals surface area (Å²) in [5.74, 6) is 0. The smallest absolute Gasteiger partial charge is 0.0540 e. The van der Waals surface area contributed by atoms with E-state index in [1.807, 2.05) is 0 Å². The van der Waals surface area contributed by atoms with E-state index in [0.29, 0.717) is 0 Å². The summed E-state index contributed by atoms with van der Waals surface area (Å²) in [4.78, 5) is 4.95. The summed E-state index contributed by atoms with van der Waals surface area (Å²) in [5.41, 5.74) is 16.8. The lowest BCUT2D eigenvalue weighted by Crippen LogP contribution is -2.14. The molecule has 0 spiro atoms. The fraction of sp³-hybridized carbons (Fsp3) is 0.0714. The van der Waals surface area contributed by atoms with E-state index in [1.165, 1.54) is 111 Å². The summed E-state index contributed by atoms with van der Waals surface area (Å²) in [6, 6.07) is 71.2. The Kier molecular flexibility index (Phi) is 8.76. The quantitative estimate of drug-likeness (QED) is 0.143. The highest BCUT2D eigenvalue weighted by Gasteiger charge is 2.24. The molecule has 10 aromatic carbocycles. The number of hydrogen-bond donors (Lipinski definition) is 0. The standard InChI is InChI=1S/C56H44N2/c1-37-15-11-13-21-49(37)57(51-31-27-45(35-39(51)3)41-17-7-5-8-18-41)53-33-25-43-24-30-48-54(34-26-44-23-29-47(53)55(43)56(44)48)58(50-22-14-12-16-38(50)2)52-32-28-46(36-40(52)4)42-19-9-6-10-20-42/h5-36H,1-4H3. The van der Waals surface area contributed by atoms with Crippen molar-refractivity contribution in [3.8, 4) is 22.3 Å². The summed E-state index contributed by atoms with van der Waals surface area (Å²) in [5, 5.41) is 7.50. The average Bonchev–Trinajstić information content (AvgIpc) is 3.26. The van der Waals surface area contributed by atoms with Crippen LogP contribution in [0.25, 0.3) is 54.6 Å². The van der Waals surface area contributed by atoms with Crippen LogP contribution in [0, 0.1) is 27.7 Å². The maximum atomic E-state index is 2.48. The summed E-state index contributed by atoms with van der Waals surface area (Å²) >= 11 is 0. The highest BCUT2D eigenvalue weighted by Crippen LogP contribution is 2.49. The number of benzene rings is 10. The molecule has 2 nitrogen and oxygen atoms in total. The van der Waals surface area contributed by atoms with Gasteiger partial charge >= 0.3 is 0 Å². The van der Waals surface area contributed by atoms with Gasteiger partial charge in [-0.05, 0) is 142 Å². The van der Waals surface area contributed by atoms with E-state index in [9.17, 15) is 0 Å². The number of nitrogens with zero attached hydrogens (tertiary/aromatic N) is 2. The molecular formula is C56H44N2. The van der Waals surface area contributed by atoms with E-state index >= 15 is 0 Å². The molecule has 58 heavy (non-hydrogen) atoms. The van der Waals surface area contributed by atoms with Gasteiger partial charge in [-0.3, -0.25) is 0 Å². The number of para-hydroxylation sites is 2. The second-order valence-electron chi connectivity index (χ2n) is 15.6. The normalized spacial score (nSPS) is 11.4. The molecule has 0 saturated carbocycles. The summed E-state index contributed by atoms with van der Waals surface area (Å²) < 4.78 is 0. The Bertz CT molecular complexity index is 2900. The van der Waals surface area contributed by atoms with E-state index in [1.54, 1.807) is 0 Å². The fourth-order valence-corrected chi connectivity index (χ4v) is 9.00. The van der Waals surface area contributed by atoms with Crippen molar-refractivity contribution in [3.63, 3.8) is 0 Å². The molecular weight excluding hydrogens is 701 g/mol. The largest absolute Gasteiger partial charge is 0.309 e. The fourth-order valence-electron chi connectivity index (χ4n) is 9.00. The van der Waals surface area contributed by atoms with Gasteiger partial charge < -0.3 is 9.80 Å². The number of hydrogen-bond acceptors (Lipinski definition) is 2. The monoisotopic (exact) mass is 744 g/mol. The Morgan fingerprint density at radius 1 is 0.259 bits per heavy atom. The Morgan fingerprint density at radius 2 is 0.603 bits per heavy atom. The van der Waals surface area contributed by atoms with Crippen LogP contribution in [-0.2, 0) is 0 Å². The molecule has 0 amide bonds. The van der Waals surface area contributed by atoms with E-state index in [4.69, 9.17) is 0 Å². The highest BCUT2D eigenvalue weighted by molar-refractivity contribution is 6.28. The zero-order chi connectivity index (χ0) is 39.3. The zero-order valence-electron chi connectivity index (χ0n) is 33.4. The van der Waals surface area contributed by atoms with Crippen LogP contribution in [0.5, 0.6) is 0 Å². The number of aryl methyl sites for hydroxylation is 4. The van der Waals surface area contributed by atoms with Crippen LogP contribution in [0.1, 0.15) is 22.3 Å². The molecule has 0 N–H and O–H groups in total. The van der Waals surface area contributed by atoms with Gasteiger partial charge in [0.2, 0.25) is 0 Å². The van der Waals surface area contributed by atoms with E-state index in [2.05, 4.69) is 232 Å². The first-order valence-electron chi connectivity index (χ1n) is 20.2. The molecule has 0 atom stereocenters. The van der Waals surface area contributed by atoms with Gasteiger partial charge in [-0.25, -0.2) is 0 Å². The third-order valence-corrected chi connectivity index (χ3v) is 11.9. The number of anilines is 6. The van der Waals surface area contributed by atoms with Crippen LogP contribution in [0.2, 0.25) is 0 Å². The lowest BCUT2D eigenvalue weighted by Gasteiger charge is -2.31. The van der Waals surface area contributed by atoms with Crippen molar-refractivity contribution in [2.24, 2.45) is 0 Å². The Labute approximate surface area is 341 Å². The van der Waals surface area contributed by atoms with Crippen molar-refractivity contribution >= 4 is 66.4 Å². The lowest BCUT2D eigenvalue weighted by molar-refractivity contribution is 1.23. The van der Waals surface area contributed by atoms with E-state index < -0.39 is 0 Å². The van der Waals surface area contributed by atoms with Gasteiger partial charge in [0.1, 0.15) is 0 Å². The predicted molar refractivity (Wildman–Crippen MR) is 249 cm³/mol. The van der Waals surface area contributed by atoms with Crippen LogP contribution in [0.4, 0.5) is 34.1 Å². The molecule has 0 heterocycles. The summed E-state index contributed by atoms with van der Waals surface area (Å²) in [7, 11) is 0. The molecule has 10 aromatic rings. The number of rotatable bonds is 8. The molecule has 278 valence electrons. The Morgan fingerprint density at radius 3 is 1.00 bits per heavy atom. The van der Waals surface area contributed by atoms with Crippen molar-refractivity contribution in [2.75, 3.05) is 9.80 Å². The topological polar surface area (TPSA) is 6.48 Å². The van der Waals surface area contributed by atoms with Crippen LogP contribution < -0.4 is 9.80 Å². The molecule has 2 heteroatoms. The minimum Gasteiger partial charge on any atom is -0.309 e. The zero-order valence-corrected chi connectivity index (χ0v) is 33.4. The SMILES string of the molecule is Cc1ccccc1N(c1ccc(-c2ccccc2)cc1C)c1ccc2ccc3c(N(c4ccccc4C)c4ccc(-c5ccccc5)cc4C)ccc4ccc1c2c43. The Hall–Kier alpha value is -7.16. The third-order valence-electron chi connectivity index (χ3n) is 11.9. The molecule has 0 fully saturated rings. The maximum Gasteiger partial charge on any atom is 0.0540 e. The van der Waals surface area contributed by atoms with Crippen molar-refractivity contribution in [3.05, 3.63) is 216 Å². The van der Waals surface area contributed by atoms with Crippen molar-refractivity contribution < 1.29 is 0 Å². The second kappa shape index (κ2) is 14.4. The van der Waals surface area contributed by atoms with Crippen LogP contribution in [-0.4, -0.2) is 0 Å². The highest BCUT2D eigenvalue weighted by atomic mass is 15.2. The third kappa shape index (κ3) is 5.97. The van der Waals surface area contributed by atoms with Gasteiger partial charge in [0, 0.05) is 33.5 Å². The molecule has 0 saturated heterocycles. The van der Waals surface area contributed by atoms with Crippen molar-refractivity contribution in [2.45, 2.75) is 27.7 Å². The van der Waals surface area contributed by atoms with Crippen molar-refractivity contribution in [1.29, 1.82) is 0 Å². The predicted octanol–water partition coefficient (Wildman–Crippen LogP) is 16.1. The van der Waals surface area contributed by atoms with Gasteiger partial charge in [0.25, 0.3) is 0 Å². The maximum absolute atomic E-state index is 2.48. The second-order valence-corrected chi connectivity index (χ2v) is 15.6. The Balaban J connectivity index is 1.20. The lowest BCUT2D eigenvalue weighted by atomic mass is 9.91. The first kappa shape index (κ1) is 35.3. The van der Waals surface area contributed by atoms with Gasteiger partial charge in [-0.2, -0.15) is 0 Å². The molecule has 0 aliphatic rings. The van der Waals surface area contributed by atoms with Crippen molar-refractivity contribution in [1.82, 2.24) is 0 Å². The minimum absolute atomic E-state index is 1.17.